The summed E-state index contributed by atoms with van der Waals surface area (Å²) in [6.45, 7) is 4.80. The van der Waals surface area contributed by atoms with Crippen LogP contribution in [-0.4, -0.2) is 27.9 Å². The Morgan fingerprint density at radius 2 is 2.11 bits per heavy atom. The lowest BCUT2D eigenvalue weighted by Crippen LogP contribution is -2.22. The summed E-state index contributed by atoms with van der Waals surface area (Å²) >= 11 is 4.41. The summed E-state index contributed by atoms with van der Waals surface area (Å²) in [5.74, 6) is -0.105. The fraction of sp³-hybridized carbons (Fsp3) is 0.556. The Balaban J connectivity index is 1.65. The van der Waals surface area contributed by atoms with Crippen molar-refractivity contribution in [3.8, 4) is 6.07 Å². The van der Waals surface area contributed by atoms with Gasteiger partial charge in [0.2, 0.25) is 11.0 Å². The average Bonchev–Trinajstić information content (AvgIpc) is 3.16. The van der Waals surface area contributed by atoms with E-state index in [4.69, 9.17) is 0 Å². The number of aromatic nitrogens is 2. The van der Waals surface area contributed by atoms with E-state index in [2.05, 4.69) is 33.8 Å². The summed E-state index contributed by atoms with van der Waals surface area (Å²) in [6.07, 6.45) is 6.44. The maximum atomic E-state index is 12.7. The number of fused-ring (bicyclic) bond motifs is 1. The number of anilines is 2. The van der Waals surface area contributed by atoms with Crippen molar-refractivity contribution in [2.75, 3.05) is 17.2 Å². The van der Waals surface area contributed by atoms with Gasteiger partial charge in [-0.3, -0.25) is 4.79 Å². The molecule has 6 nitrogen and oxygen atoms in total. The Bertz CT molecular complexity index is 839. The molecule has 1 aliphatic rings. The minimum Gasteiger partial charge on any atom is -0.360 e. The first-order valence-corrected chi connectivity index (χ1v) is 11.7. The summed E-state index contributed by atoms with van der Waals surface area (Å²) < 4.78 is 0.763. The second-order valence-electron chi connectivity index (χ2n) is 6.43. The van der Waals surface area contributed by atoms with Gasteiger partial charge in [-0.25, -0.2) is 0 Å². The van der Waals surface area contributed by atoms with Crippen LogP contribution in [0.25, 0.3) is 0 Å². The van der Waals surface area contributed by atoms with Crippen LogP contribution < -0.4 is 10.6 Å². The van der Waals surface area contributed by atoms with E-state index in [1.807, 2.05) is 6.92 Å². The molecule has 0 aliphatic heterocycles. The standard InChI is InChI=1S/C18H23N5OS3/c1-3-9-20-17-22-23-18(27-17)25-11(2)15(24)21-16-13(10-19)12-7-5-4-6-8-14(12)26-16/h11H,3-9H2,1-2H3,(H,20,22)(H,21,24). The lowest BCUT2D eigenvalue weighted by atomic mass is 10.1. The monoisotopic (exact) mass is 421 g/mol. The van der Waals surface area contributed by atoms with Crippen molar-refractivity contribution in [1.29, 1.82) is 5.26 Å². The lowest BCUT2D eigenvalue weighted by molar-refractivity contribution is -0.115. The van der Waals surface area contributed by atoms with Gasteiger partial charge in [0.25, 0.3) is 0 Å². The highest BCUT2D eigenvalue weighted by atomic mass is 32.2. The molecular formula is C18H23N5OS3. The smallest absolute Gasteiger partial charge is 0.238 e. The molecule has 144 valence electrons. The number of hydrogen-bond acceptors (Lipinski definition) is 8. The number of carbonyl (C=O) groups is 1. The maximum Gasteiger partial charge on any atom is 0.238 e. The quantitative estimate of drug-likeness (QED) is 0.498. The van der Waals surface area contributed by atoms with Gasteiger partial charge in [-0.1, -0.05) is 36.4 Å². The number of amides is 1. The van der Waals surface area contributed by atoms with Crippen LogP contribution in [0, 0.1) is 11.3 Å². The summed E-state index contributed by atoms with van der Waals surface area (Å²) in [4.78, 5) is 13.9. The van der Waals surface area contributed by atoms with E-state index in [1.54, 1.807) is 11.3 Å². The molecule has 3 rings (SSSR count). The van der Waals surface area contributed by atoms with Crippen LogP contribution in [0.3, 0.4) is 0 Å². The van der Waals surface area contributed by atoms with Crippen LogP contribution in [0.15, 0.2) is 4.34 Å². The van der Waals surface area contributed by atoms with Gasteiger partial charge in [-0.2, -0.15) is 5.26 Å². The van der Waals surface area contributed by atoms with Crippen LogP contribution in [0.2, 0.25) is 0 Å². The van der Waals surface area contributed by atoms with E-state index in [9.17, 15) is 10.1 Å². The Kier molecular flexibility index (Phi) is 7.10. The van der Waals surface area contributed by atoms with Crippen molar-refractivity contribution in [3.05, 3.63) is 16.0 Å². The number of rotatable bonds is 7. The Morgan fingerprint density at radius 1 is 1.30 bits per heavy atom. The predicted octanol–water partition coefficient (Wildman–Crippen LogP) is 4.68. The van der Waals surface area contributed by atoms with Crippen LogP contribution in [0.4, 0.5) is 10.1 Å². The molecule has 1 amide bonds. The van der Waals surface area contributed by atoms with Gasteiger partial charge in [-0.15, -0.1) is 21.5 Å². The van der Waals surface area contributed by atoms with Gasteiger partial charge in [0.15, 0.2) is 4.34 Å². The predicted molar refractivity (Wildman–Crippen MR) is 113 cm³/mol. The first kappa shape index (κ1) is 20.1. The molecule has 1 atom stereocenters. The molecule has 0 saturated heterocycles. The first-order chi connectivity index (χ1) is 13.1. The summed E-state index contributed by atoms with van der Waals surface area (Å²) in [6, 6.07) is 2.31. The number of carbonyl (C=O) groups excluding carboxylic acids is 1. The maximum absolute atomic E-state index is 12.7. The van der Waals surface area contributed by atoms with E-state index in [-0.39, 0.29) is 11.2 Å². The van der Waals surface area contributed by atoms with E-state index in [0.717, 1.165) is 53.7 Å². The van der Waals surface area contributed by atoms with E-state index < -0.39 is 0 Å². The second kappa shape index (κ2) is 9.53. The molecule has 0 saturated carbocycles. The largest absolute Gasteiger partial charge is 0.360 e. The van der Waals surface area contributed by atoms with E-state index >= 15 is 0 Å². The molecule has 1 aliphatic carbocycles. The van der Waals surface area contributed by atoms with Crippen LogP contribution in [0.5, 0.6) is 0 Å². The van der Waals surface area contributed by atoms with Gasteiger partial charge in [0.1, 0.15) is 11.1 Å². The molecule has 2 aromatic rings. The molecule has 27 heavy (non-hydrogen) atoms. The van der Waals surface area contributed by atoms with Crippen molar-refractivity contribution in [2.45, 2.75) is 62.0 Å². The molecule has 1 unspecified atom stereocenters. The van der Waals surface area contributed by atoms with Gasteiger partial charge in [0.05, 0.1) is 10.8 Å². The number of thioether (sulfide) groups is 1. The normalized spacial score (nSPS) is 14.7. The third-order valence-electron chi connectivity index (χ3n) is 4.35. The molecule has 0 bridgehead atoms. The number of nitrogens with one attached hydrogen (secondary N) is 2. The Labute approximate surface area is 171 Å². The van der Waals surface area contributed by atoms with Crippen molar-refractivity contribution in [3.63, 3.8) is 0 Å². The van der Waals surface area contributed by atoms with Crippen molar-refractivity contribution < 1.29 is 4.79 Å². The van der Waals surface area contributed by atoms with Gasteiger partial charge in [-0.05, 0) is 44.6 Å². The van der Waals surface area contributed by atoms with Crippen LogP contribution >= 0.6 is 34.4 Å². The zero-order valence-electron chi connectivity index (χ0n) is 15.5. The number of hydrogen-bond donors (Lipinski definition) is 2. The molecular weight excluding hydrogens is 398 g/mol. The second-order valence-corrected chi connectivity index (χ2v) is 10.1. The zero-order valence-corrected chi connectivity index (χ0v) is 18.0. The number of thiophene rings is 1. The highest BCUT2D eigenvalue weighted by Gasteiger charge is 2.23. The number of nitriles is 1. The lowest BCUT2D eigenvalue weighted by Gasteiger charge is -2.09. The highest BCUT2D eigenvalue weighted by Crippen LogP contribution is 2.37. The molecule has 0 aromatic carbocycles. The van der Waals surface area contributed by atoms with Crippen molar-refractivity contribution in [2.24, 2.45) is 0 Å². The van der Waals surface area contributed by atoms with Crippen LogP contribution in [0.1, 0.15) is 55.5 Å². The SMILES string of the molecule is CCCNc1nnc(SC(C)C(=O)Nc2sc3c(c2C#N)CCCCC3)s1. The van der Waals surface area contributed by atoms with E-state index in [1.165, 1.54) is 34.4 Å². The first-order valence-electron chi connectivity index (χ1n) is 9.22. The summed E-state index contributed by atoms with van der Waals surface area (Å²) in [5, 5.41) is 25.2. The molecule has 0 spiro atoms. The third kappa shape index (κ3) is 5.00. The Hall–Kier alpha value is -1.63. The minimum absolute atomic E-state index is 0.105. The van der Waals surface area contributed by atoms with Crippen LogP contribution in [-0.2, 0) is 17.6 Å². The van der Waals surface area contributed by atoms with Gasteiger partial charge >= 0.3 is 0 Å². The minimum atomic E-state index is -0.314. The van der Waals surface area contributed by atoms with Gasteiger partial charge < -0.3 is 10.6 Å². The number of aryl methyl sites for hydroxylation is 1. The molecule has 0 fully saturated rings. The number of nitrogens with zero attached hydrogens (tertiary/aromatic N) is 3. The topological polar surface area (TPSA) is 90.7 Å². The fourth-order valence-corrected chi connectivity index (χ4v) is 6.09. The molecule has 2 heterocycles. The van der Waals surface area contributed by atoms with Crippen molar-refractivity contribution in [1.82, 2.24) is 10.2 Å². The van der Waals surface area contributed by atoms with Gasteiger partial charge in [0, 0.05) is 11.4 Å². The third-order valence-corrected chi connectivity index (χ3v) is 7.62. The highest BCUT2D eigenvalue weighted by molar-refractivity contribution is 8.02. The summed E-state index contributed by atoms with van der Waals surface area (Å²) in [5.41, 5.74) is 1.80. The fourth-order valence-electron chi connectivity index (χ4n) is 2.93. The zero-order chi connectivity index (χ0) is 19.2. The Morgan fingerprint density at radius 3 is 2.89 bits per heavy atom. The molecule has 2 N–H and O–H groups in total. The summed E-state index contributed by atoms with van der Waals surface area (Å²) in [7, 11) is 0. The van der Waals surface area contributed by atoms with Crippen molar-refractivity contribution >= 4 is 50.5 Å². The average molecular weight is 422 g/mol. The molecule has 0 radical (unpaired) electrons. The van der Waals surface area contributed by atoms with E-state index in [0.29, 0.717) is 10.6 Å². The molecule has 2 aromatic heterocycles. The molecule has 9 heteroatoms.